The molecule has 4 rings (SSSR count). The highest BCUT2D eigenvalue weighted by molar-refractivity contribution is 5.79. The normalized spacial score (nSPS) is 13.8. The molecule has 0 radical (unpaired) electrons. The minimum absolute atomic E-state index is 0.0172. The Balaban J connectivity index is 1.61. The summed E-state index contributed by atoms with van der Waals surface area (Å²) < 4.78 is 17.3. The number of hydrogen-bond donors (Lipinski definition) is 0. The van der Waals surface area contributed by atoms with E-state index in [-0.39, 0.29) is 24.2 Å². The predicted octanol–water partition coefficient (Wildman–Crippen LogP) is 2.53. The van der Waals surface area contributed by atoms with Crippen LogP contribution in [0.5, 0.6) is 0 Å². The van der Waals surface area contributed by atoms with Gasteiger partial charge in [0.05, 0.1) is 6.42 Å². The first-order valence-corrected chi connectivity index (χ1v) is 9.41. The lowest BCUT2D eigenvalue weighted by Crippen LogP contribution is -2.37. The van der Waals surface area contributed by atoms with Gasteiger partial charge < -0.3 is 9.47 Å². The molecular formula is C20H23FN6O. The molecular weight excluding hydrogens is 359 g/mol. The minimum atomic E-state index is -0.325. The molecule has 0 bridgehead atoms. The molecule has 7 nitrogen and oxygen atoms in total. The van der Waals surface area contributed by atoms with Gasteiger partial charge >= 0.3 is 0 Å². The Morgan fingerprint density at radius 1 is 1.32 bits per heavy atom. The number of carbonyl (C=O) groups excluding carboxylic acids is 1. The highest BCUT2D eigenvalue weighted by Gasteiger charge is 2.29. The van der Waals surface area contributed by atoms with Crippen LogP contribution in [0.3, 0.4) is 0 Å². The summed E-state index contributed by atoms with van der Waals surface area (Å²) in [6, 6.07) is 6.40. The van der Waals surface area contributed by atoms with E-state index >= 15 is 0 Å². The maximum atomic E-state index is 13.4. The molecule has 0 N–H and O–H groups in total. The van der Waals surface area contributed by atoms with Crippen LogP contribution in [0.25, 0.3) is 11.5 Å². The number of nitrogens with zero attached hydrogens (tertiary/aromatic N) is 6. The van der Waals surface area contributed by atoms with Crippen molar-refractivity contribution in [1.29, 1.82) is 0 Å². The van der Waals surface area contributed by atoms with Crippen molar-refractivity contribution < 1.29 is 9.18 Å². The van der Waals surface area contributed by atoms with Crippen LogP contribution < -0.4 is 0 Å². The van der Waals surface area contributed by atoms with Gasteiger partial charge in [0.15, 0.2) is 5.82 Å². The molecule has 1 amide bonds. The number of benzene rings is 1. The largest absolute Gasteiger partial charge is 0.338 e. The first-order chi connectivity index (χ1) is 13.4. The van der Waals surface area contributed by atoms with Crippen LogP contribution in [0.2, 0.25) is 0 Å². The van der Waals surface area contributed by atoms with Gasteiger partial charge in [-0.05, 0) is 31.5 Å². The van der Waals surface area contributed by atoms with Gasteiger partial charge in [-0.25, -0.2) is 4.39 Å². The quantitative estimate of drug-likeness (QED) is 0.695. The summed E-state index contributed by atoms with van der Waals surface area (Å²) in [5.74, 6) is 0.372. The minimum Gasteiger partial charge on any atom is -0.338 e. The average Bonchev–Trinajstić information content (AvgIpc) is 3.26. The van der Waals surface area contributed by atoms with Crippen LogP contribution in [0.4, 0.5) is 4.39 Å². The van der Waals surface area contributed by atoms with E-state index in [0.717, 1.165) is 23.4 Å². The van der Waals surface area contributed by atoms with Crippen molar-refractivity contribution in [3.63, 3.8) is 0 Å². The van der Waals surface area contributed by atoms with Gasteiger partial charge in [-0.3, -0.25) is 9.48 Å². The van der Waals surface area contributed by atoms with E-state index < -0.39 is 0 Å². The van der Waals surface area contributed by atoms with Crippen LogP contribution in [-0.2, 0) is 31.2 Å². The first kappa shape index (κ1) is 18.3. The molecule has 28 heavy (non-hydrogen) atoms. The lowest BCUT2D eigenvalue weighted by atomic mass is 10.0. The van der Waals surface area contributed by atoms with Gasteiger partial charge in [0, 0.05) is 43.9 Å². The third-order valence-electron chi connectivity index (χ3n) is 5.18. The van der Waals surface area contributed by atoms with Gasteiger partial charge in [0.1, 0.15) is 17.8 Å². The first-order valence-electron chi connectivity index (χ1n) is 9.41. The van der Waals surface area contributed by atoms with Crippen molar-refractivity contribution >= 4 is 5.91 Å². The van der Waals surface area contributed by atoms with Gasteiger partial charge in [-0.15, -0.1) is 10.2 Å². The fourth-order valence-electron chi connectivity index (χ4n) is 3.71. The number of halogens is 1. The summed E-state index contributed by atoms with van der Waals surface area (Å²) in [6.07, 6.45) is 2.62. The third kappa shape index (κ3) is 3.30. The number of rotatable bonds is 4. The Morgan fingerprint density at radius 2 is 2.14 bits per heavy atom. The monoisotopic (exact) mass is 382 g/mol. The molecule has 8 heteroatoms. The van der Waals surface area contributed by atoms with Crippen molar-refractivity contribution in [3.05, 3.63) is 53.2 Å². The average molecular weight is 382 g/mol. The van der Waals surface area contributed by atoms with Crippen molar-refractivity contribution in [2.75, 3.05) is 6.54 Å². The van der Waals surface area contributed by atoms with E-state index in [1.807, 2.05) is 21.2 Å². The zero-order chi connectivity index (χ0) is 19.8. The van der Waals surface area contributed by atoms with Crippen LogP contribution in [0, 0.1) is 5.82 Å². The fourth-order valence-corrected chi connectivity index (χ4v) is 3.71. The summed E-state index contributed by atoms with van der Waals surface area (Å²) >= 11 is 0. The second-order valence-electron chi connectivity index (χ2n) is 7.43. The highest BCUT2D eigenvalue weighted by atomic mass is 19.1. The smallest absolute Gasteiger partial charge is 0.227 e. The van der Waals surface area contributed by atoms with Gasteiger partial charge in [0.2, 0.25) is 5.91 Å². The number of aromatic nitrogens is 5. The second kappa shape index (κ2) is 7.18. The topological polar surface area (TPSA) is 68.8 Å². The maximum absolute atomic E-state index is 13.4. The molecule has 0 spiro atoms. The predicted molar refractivity (Wildman–Crippen MR) is 102 cm³/mol. The second-order valence-corrected chi connectivity index (χ2v) is 7.43. The molecule has 0 unspecified atom stereocenters. The van der Waals surface area contributed by atoms with Crippen LogP contribution in [-0.4, -0.2) is 41.9 Å². The Bertz CT molecular complexity index is 1020. The van der Waals surface area contributed by atoms with Crippen molar-refractivity contribution in [1.82, 2.24) is 29.4 Å². The Hall–Kier alpha value is -3.03. The molecule has 2 aromatic heterocycles. The molecule has 1 aliphatic heterocycles. The number of amides is 1. The third-order valence-corrected chi connectivity index (χ3v) is 5.18. The van der Waals surface area contributed by atoms with Gasteiger partial charge in [-0.2, -0.15) is 5.10 Å². The zero-order valence-corrected chi connectivity index (χ0v) is 16.3. The SMILES string of the molecule is CC(C)n1cnnc1-c1nn(C)c2c1CN(C(=O)Cc1cccc(F)c1)CC2. The van der Waals surface area contributed by atoms with E-state index in [9.17, 15) is 9.18 Å². The Labute approximate surface area is 162 Å². The molecule has 0 atom stereocenters. The van der Waals surface area contributed by atoms with Crippen LogP contribution in [0.1, 0.15) is 36.7 Å². The van der Waals surface area contributed by atoms with Crippen molar-refractivity contribution in [2.45, 2.75) is 39.3 Å². The number of hydrogen-bond acceptors (Lipinski definition) is 4. The lowest BCUT2D eigenvalue weighted by Gasteiger charge is -2.28. The zero-order valence-electron chi connectivity index (χ0n) is 16.3. The molecule has 0 saturated carbocycles. The Kier molecular flexibility index (Phi) is 4.70. The van der Waals surface area contributed by atoms with E-state index in [2.05, 4.69) is 29.1 Å². The van der Waals surface area contributed by atoms with Crippen LogP contribution in [0.15, 0.2) is 30.6 Å². The molecule has 3 heterocycles. The van der Waals surface area contributed by atoms with E-state index in [1.165, 1.54) is 12.1 Å². The molecule has 0 saturated heterocycles. The summed E-state index contributed by atoms with van der Waals surface area (Å²) in [5, 5.41) is 13.0. The van der Waals surface area contributed by atoms with Crippen LogP contribution >= 0.6 is 0 Å². The summed E-state index contributed by atoms with van der Waals surface area (Å²) in [4.78, 5) is 14.6. The standard InChI is InChI=1S/C20H23FN6O/c1-13(2)27-12-22-23-20(27)19-16-11-26(8-7-17(16)25(3)24-19)18(28)10-14-5-4-6-15(21)9-14/h4-6,9,12-13H,7-8,10-11H2,1-3H3. The molecule has 0 fully saturated rings. The maximum Gasteiger partial charge on any atom is 0.227 e. The van der Waals surface area contributed by atoms with Crippen molar-refractivity contribution in [2.24, 2.45) is 7.05 Å². The number of carbonyl (C=O) groups is 1. The number of aryl methyl sites for hydroxylation is 1. The number of fused-ring (bicyclic) bond motifs is 1. The van der Waals surface area contributed by atoms with E-state index in [4.69, 9.17) is 0 Å². The highest BCUT2D eigenvalue weighted by Crippen LogP contribution is 2.30. The van der Waals surface area contributed by atoms with Gasteiger partial charge in [-0.1, -0.05) is 12.1 Å². The van der Waals surface area contributed by atoms with Crippen molar-refractivity contribution in [3.8, 4) is 11.5 Å². The molecule has 146 valence electrons. The summed E-state index contributed by atoms with van der Waals surface area (Å²) in [5.41, 5.74) is 3.58. The Morgan fingerprint density at radius 3 is 2.89 bits per heavy atom. The molecule has 3 aromatic rings. The van der Waals surface area contributed by atoms with E-state index in [0.29, 0.717) is 24.5 Å². The summed E-state index contributed by atoms with van der Waals surface area (Å²) in [7, 11) is 1.92. The summed E-state index contributed by atoms with van der Waals surface area (Å²) in [6.45, 7) is 5.22. The molecule has 1 aromatic carbocycles. The lowest BCUT2D eigenvalue weighted by molar-refractivity contribution is -0.131. The fraction of sp³-hybridized carbons (Fsp3) is 0.400. The molecule has 1 aliphatic rings. The molecule has 0 aliphatic carbocycles. The van der Waals surface area contributed by atoms with Gasteiger partial charge in [0.25, 0.3) is 0 Å². The van der Waals surface area contributed by atoms with E-state index in [1.54, 1.807) is 18.5 Å².